The van der Waals surface area contributed by atoms with Gasteiger partial charge in [0, 0.05) is 0 Å². The minimum absolute atomic E-state index is 0.954. The molecule has 0 heterocycles. The lowest BCUT2D eigenvalue weighted by atomic mass is 9.99. The first-order valence-corrected chi connectivity index (χ1v) is 6.32. The number of hydrogen-bond acceptors (Lipinski definition) is 0. The van der Waals surface area contributed by atoms with Crippen LogP contribution in [0.4, 0.5) is 0 Å². The van der Waals surface area contributed by atoms with Crippen LogP contribution in [0.25, 0.3) is 0 Å². The summed E-state index contributed by atoms with van der Waals surface area (Å²) in [6.45, 7) is 0. The van der Waals surface area contributed by atoms with Gasteiger partial charge in [-0.25, -0.2) is 0 Å². The van der Waals surface area contributed by atoms with Gasteiger partial charge in [0.15, 0.2) is 0 Å². The van der Waals surface area contributed by atoms with Crippen LogP contribution in [0.2, 0.25) is 0 Å². The quantitative estimate of drug-likeness (QED) is 0.581. The molecule has 4 atom stereocenters. The number of rotatable bonds is 2. The minimum atomic E-state index is 0.954. The van der Waals surface area contributed by atoms with Crippen LogP contribution < -0.4 is 0 Å². The van der Waals surface area contributed by atoms with E-state index in [1.165, 1.54) is 40.7 Å². The van der Waals surface area contributed by atoms with E-state index in [0.717, 1.165) is 11.3 Å². The van der Waals surface area contributed by atoms with Crippen molar-refractivity contribution in [1.29, 1.82) is 0 Å². The number of allylic oxidation sites excluding steroid dienone is 2. The lowest BCUT2D eigenvalue weighted by Gasteiger charge is -2.33. The van der Waals surface area contributed by atoms with Gasteiger partial charge in [0.05, 0.1) is 0 Å². The van der Waals surface area contributed by atoms with Gasteiger partial charge in [-0.1, -0.05) is 20.0 Å². The molecule has 0 saturated heterocycles. The minimum Gasteiger partial charge on any atom is -0.134 e. The average molecular weight is 186 g/mol. The molecule has 0 aliphatic heterocycles. The fraction of sp³-hybridized carbons (Fsp3) is 0.778. The summed E-state index contributed by atoms with van der Waals surface area (Å²) in [5, 5.41) is 1.78. The van der Waals surface area contributed by atoms with Crippen molar-refractivity contribution in [3.8, 4) is 0 Å². The van der Waals surface area contributed by atoms with Crippen LogP contribution in [0.5, 0.6) is 0 Å². The zero-order chi connectivity index (χ0) is 7.68. The second-order valence-electron chi connectivity index (χ2n) is 3.61. The predicted molar refractivity (Wildman–Crippen MR) is 56.8 cm³/mol. The SMILES string of the molecule is P[C@@H]1CCC1PC1=CCCC1. The molecule has 0 nitrogen and oxygen atoms in total. The molecule has 0 spiro atoms. The average Bonchev–Trinajstić information content (AvgIpc) is 2.49. The van der Waals surface area contributed by atoms with Crippen molar-refractivity contribution in [2.24, 2.45) is 0 Å². The summed E-state index contributed by atoms with van der Waals surface area (Å²) in [5.41, 5.74) is 2.00. The molecule has 11 heavy (non-hydrogen) atoms. The van der Waals surface area contributed by atoms with Crippen LogP contribution >= 0.6 is 17.8 Å². The molecule has 0 aromatic carbocycles. The van der Waals surface area contributed by atoms with Crippen molar-refractivity contribution in [3.63, 3.8) is 0 Å². The van der Waals surface area contributed by atoms with Gasteiger partial charge in [0.1, 0.15) is 0 Å². The zero-order valence-electron chi connectivity index (χ0n) is 6.84. The Bertz CT molecular complexity index is 174. The Labute approximate surface area is 73.2 Å². The van der Waals surface area contributed by atoms with Gasteiger partial charge >= 0.3 is 0 Å². The maximum absolute atomic E-state index is 2.99. The normalized spacial score (nSPS) is 37.7. The molecule has 0 radical (unpaired) electrons. The molecule has 0 aromatic rings. The molecular formula is C9H16P2. The van der Waals surface area contributed by atoms with E-state index < -0.39 is 0 Å². The Kier molecular flexibility index (Phi) is 2.65. The summed E-state index contributed by atoms with van der Waals surface area (Å²) in [6, 6.07) is 0. The fourth-order valence-corrected chi connectivity index (χ4v) is 4.17. The lowest BCUT2D eigenvalue weighted by molar-refractivity contribution is 0.536. The van der Waals surface area contributed by atoms with E-state index >= 15 is 0 Å². The van der Waals surface area contributed by atoms with Crippen LogP contribution in [0.3, 0.4) is 0 Å². The summed E-state index contributed by atoms with van der Waals surface area (Å²) in [7, 11) is 4.16. The highest BCUT2D eigenvalue weighted by atomic mass is 31.1. The molecule has 2 aliphatic rings. The van der Waals surface area contributed by atoms with E-state index in [9.17, 15) is 0 Å². The number of hydrogen-bond donors (Lipinski definition) is 0. The molecule has 0 bridgehead atoms. The van der Waals surface area contributed by atoms with Crippen LogP contribution in [0, 0.1) is 0 Å². The molecule has 0 N–H and O–H groups in total. The standard InChI is InChI=1S/C9H16P2/c10-8-5-6-9(8)11-7-3-1-2-4-7/h3,8-9,11H,1-2,4-6,10H2/t8-,9?/m1/s1. The fourth-order valence-electron chi connectivity index (χ4n) is 1.75. The molecule has 1 saturated carbocycles. The summed E-state index contributed by atoms with van der Waals surface area (Å²) in [6.07, 6.45) is 9.62. The third-order valence-electron chi connectivity index (χ3n) is 2.74. The van der Waals surface area contributed by atoms with Crippen molar-refractivity contribution in [2.75, 3.05) is 0 Å². The third kappa shape index (κ3) is 1.85. The maximum Gasteiger partial charge on any atom is -0.0136 e. The highest BCUT2D eigenvalue weighted by Crippen LogP contribution is 2.47. The molecular weight excluding hydrogens is 170 g/mol. The Hall–Kier alpha value is 0.600. The Morgan fingerprint density at radius 1 is 1.45 bits per heavy atom. The summed E-state index contributed by atoms with van der Waals surface area (Å²) < 4.78 is 0. The van der Waals surface area contributed by atoms with Crippen LogP contribution in [-0.4, -0.2) is 11.3 Å². The smallest absolute Gasteiger partial charge is 0.0136 e. The van der Waals surface area contributed by atoms with Crippen molar-refractivity contribution in [3.05, 3.63) is 11.4 Å². The summed E-state index contributed by atoms with van der Waals surface area (Å²) >= 11 is 0. The van der Waals surface area contributed by atoms with Gasteiger partial charge in [-0.05, 0) is 43.4 Å². The highest BCUT2D eigenvalue weighted by molar-refractivity contribution is 7.45. The first-order chi connectivity index (χ1) is 5.36. The summed E-state index contributed by atoms with van der Waals surface area (Å²) in [4.78, 5) is 0. The third-order valence-corrected chi connectivity index (χ3v) is 5.83. The van der Waals surface area contributed by atoms with E-state index in [1.54, 1.807) is 5.31 Å². The lowest BCUT2D eigenvalue weighted by Crippen LogP contribution is -2.27. The van der Waals surface area contributed by atoms with Crippen LogP contribution in [0.1, 0.15) is 32.1 Å². The topological polar surface area (TPSA) is 0 Å². The van der Waals surface area contributed by atoms with E-state index in [0.29, 0.717) is 0 Å². The molecule has 2 heteroatoms. The second-order valence-corrected chi connectivity index (χ2v) is 6.14. The Balaban J connectivity index is 1.80. The van der Waals surface area contributed by atoms with Crippen molar-refractivity contribution in [1.82, 2.24) is 0 Å². The first kappa shape index (κ1) is 8.21. The molecule has 0 aromatic heterocycles. The van der Waals surface area contributed by atoms with Gasteiger partial charge in [0.2, 0.25) is 0 Å². The van der Waals surface area contributed by atoms with Gasteiger partial charge in [0.25, 0.3) is 0 Å². The molecule has 2 rings (SSSR count). The van der Waals surface area contributed by atoms with Crippen LogP contribution in [-0.2, 0) is 0 Å². The molecule has 3 unspecified atom stereocenters. The Morgan fingerprint density at radius 2 is 2.36 bits per heavy atom. The Morgan fingerprint density at radius 3 is 2.82 bits per heavy atom. The van der Waals surface area contributed by atoms with E-state index in [4.69, 9.17) is 0 Å². The van der Waals surface area contributed by atoms with Crippen molar-refractivity contribution >= 4 is 17.8 Å². The van der Waals surface area contributed by atoms with E-state index in [1.807, 2.05) is 0 Å². The van der Waals surface area contributed by atoms with Crippen molar-refractivity contribution in [2.45, 2.75) is 43.4 Å². The highest BCUT2D eigenvalue weighted by Gasteiger charge is 2.27. The summed E-state index contributed by atoms with van der Waals surface area (Å²) in [5.74, 6) is 0. The van der Waals surface area contributed by atoms with Gasteiger partial charge in [-0.3, -0.25) is 0 Å². The monoisotopic (exact) mass is 186 g/mol. The second kappa shape index (κ2) is 3.55. The first-order valence-electron chi connectivity index (χ1n) is 4.57. The molecule has 2 aliphatic carbocycles. The van der Waals surface area contributed by atoms with E-state index in [-0.39, 0.29) is 0 Å². The van der Waals surface area contributed by atoms with Gasteiger partial charge < -0.3 is 0 Å². The molecule has 1 fully saturated rings. The van der Waals surface area contributed by atoms with Crippen LogP contribution in [0.15, 0.2) is 11.4 Å². The molecule has 62 valence electrons. The van der Waals surface area contributed by atoms with E-state index in [2.05, 4.69) is 15.3 Å². The zero-order valence-corrected chi connectivity index (χ0v) is 9.00. The maximum atomic E-state index is 2.99. The molecule has 0 amide bonds. The predicted octanol–water partition coefficient (Wildman–Crippen LogP) is 3.14. The largest absolute Gasteiger partial charge is 0.134 e. The van der Waals surface area contributed by atoms with Crippen molar-refractivity contribution < 1.29 is 0 Å². The van der Waals surface area contributed by atoms with Gasteiger partial charge in [-0.15, -0.1) is 9.24 Å². The van der Waals surface area contributed by atoms with Gasteiger partial charge in [-0.2, -0.15) is 0 Å².